The quantitative estimate of drug-likeness (QED) is 0.463. The summed E-state index contributed by atoms with van der Waals surface area (Å²) >= 11 is 0. The Balaban J connectivity index is 1.74. The Hall–Kier alpha value is -3.72. The Bertz CT molecular complexity index is 1290. The van der Waals surface area contributed by atoms with Gasteiger partial charge in [0.25, 0.3) is 15.9 Å². The lowest BCUT2D eigenvalue weighted by atomic mass is 10.1. The molecule has 0 heterocycles. The third-order valence-electron chi connectivity index (χ3n) is 4.82. The molecule has 3 aromatic rings. The first kappa shape index (κ1) is 23.9. The van der Waals surface area contributed by atoms with Gasteiger partial charge in [0.05, 0.1) is 10.6 Å². The van der Waals surface area contributed by atoms with E-state index in [0.29, 0.717) is 11.4 Å². The minimum Gasteiger partial charge on any atom is -0.326 e. The molecule has 2 amide bonds. The molecule has 0 bridgehead atoms. The summed E-state index contributed by atoms with van der Waals surface area (Å²) in [4.78, 5) is 24.5. The van der Waals surface area contributed by atoms with Gasteiger partial charge in [-0.05, 0) is 61.0 Å². The van der Waals surface area contributed by atoms with E-state index in [2.05, 4.69) is 15.4 Å². The highest BCUT2D eigenvalue weighted by molar-refractivity contribution is 7.92. The highest BCUT2D eigenvalue weighted by Crippen LogP contribution is 2.23. The molecule has 9 heteroatoms. The maximum Gasteiger partial charge on any atom is 0.261 e. The smallest absolute Gasteiger partial charge is 0.261 e. The first-order valence-corrected chi connectivity index (χ1v) is 11.7. The van der Waals surface area contributed by atoms with E-state index in [9.17, 15) is 22.4 Å². The normalized spacial score (nSPS) is 11.2. The van der Waals surface area contributed by atoms with E-state index < -0.39 is 21.7 Å². The van der Waals surface area contributed by atoms with Crippen LogP contribution in [0.4, 0.5) is 21.5 Å². The van der Waals surface area contributed by atoms with Crippen molar-refractivity contribution in [1.82, 2.24) is 0 Å². The van der Waals surface area contributed by atoms with Crippen LogP contribution in [0, 0.1) is 18.7 Å². The largest absolute Gasteiger partial charge is 0.326 e. The second-order valence-electron chi connectivity index (χ2n) is 7.74. The number of carbonyl (C=O) groups is 2. The number of sulfonamides is 1. The minimum atomic E-state index is -4.03. The maximum atomic E-state index is 13.8. The number of rotatable bonds is 7. The predicted octanol–water partition coefficient (Wildman–Crippen LogP) is 4.78. The molecule has 0 atom stereocenters. The van der Waals surface area contributed by atoms with Gasteiger partial charge in [-0.2, -0.15) is 0 Å². The number of hydrogen-bond donors (Lipinski definition) is 3. The van der Waals surface area contributed by atoms with Gasteiger partial charge in [0, 0.05) is 22.9 Å². The Labute approximate surface area is 192 Å². The summed E-state index contributed by atoms with van der Waals surface area (Å²) in [5, 5.41) is 5.55. The number of anilines is 3. The Morgan fingerprint density at radius 1 is 0.879 bits per heavy atom. The lowest BCUT2D eigenvalue weighted by molar-refractivity contribution is -0.118. The number of aryl methyl sites for hydroxylation is 1. The number of carbonyl (C=O) groups excluding carboxylic acids is 2. The van der Waals surface area contributed by atoms with Gasteiger partial charge in [-0.25, -0.2) is 12.8 Å². The average Bonchev–Trinajstić information content (AvgIpc) is 2.77. The van der Waals surface area contributed by atoms with E-state index in [1.165, 1.54) is 42.5 Å². The van der Waals surface area contributed by atoms with E-state index in [0.717, 1.165) is 11.6 Å². The zero-order chi connectivity index (χ0) is 24.2. The summed E-state index contributed by atoms with van der Waals surface area (Å²) < 4.78 is 41.0. The first-order valence-electron chi connectivity index (χ1n) is 10.2. The summed E-state index contributed by atoms with van der Waals surface area (Å²) in [5.41, 5.74) is 1.92. The van der Waals surface area contributed by atoms with Crippen LogP contribution in [0.15, 0.2) is 71.6 Å². The fraction of sp³-hybridized carbons (Fsp3) is 0.167. The number of nitrogens with one attached hydrogen (secondary N) is 3. The van der Waals surface area contributed by atoms with Crippen LogP contribution in [0.25, 0.3) is 0 Å². The van der Waals surface area contributed by atoms with Crippen molar-refractivity contribution in [2.24, 2.45) is 5.92 Å². The summed E-state index contributed by atoms with van der Waals surface area (Å²) in [7, 11) is -4.03. The fourth-order valence-electron chi connectivity index (χ4n) is 2.85. The maximum absolute atomic E-state index is 13.8. The van der Waals surface area contributed by atoms with Gasteiger partial charge in [0.1, 0.15) is 5.82 Å². The Morgan fingerprint density at radius 3 is 2.18 bits per heavy atom. The second kappa shape index (κ2) is 9.83. The molecule has 0 aliphatic heterocycles. The SMILES string of the molecule is Cc1ccc(NC(=O)C(C)C)cc1NC(=O)c1ccc(S(=O)(=O)Nc2ccccc2F)cc1. The number of para-hydroxylation sites is 1. The predicted molar refractivity (Wildman–Crippen MR) is 126 cm³/mol. The minimum absolute atomic E-state index is 0.114. The van der Waals surface area contributed by atoms with Gasteiger partial charge in [-0.1, -0.05) is 32.0 Å². The summed E-state index contributed by atoms with van der Waals surface area (Å²) in [5.74, 6) is -1.47. The van der Waals surface area contributed by atoms with Gasteiger partial charge in [0.2, 0.25) is 5.91 Å². The molecule has 0 saturated carbocycles. The van der Waals surface area contributed by atoms with Crippen LogP contribution in [-0.2, 0) is 14.8 Å². The van der Waals surface area contributed by atoms with Crippen molar-refractivity contribution in [1.29, 1.82) is 0 Å². The second-order valence-corrected chi connectivity index (χ2v) is 9.42. The van der Waals surface area contributed by atoms with Gasteiger partial charge < -0.3 is 10.6 Å². The zero-order valence-electron chi connectivity index (χ0n) is 18.3. The third-order valence-corrected chi connectivity index (χ3v) is 6.20. The number of amides is 2. The van der Waals surface area contributed by atoms with Crippen molar-refractivity contribution in [2.45, 2.75) is 25.7 Å². The summed E-state index contributed by atoms with van der Waals surface area (Å²) in [6.45, 7) is 5.37. The van der Waals surface area contributed by atoms with Gasteiger partial charge >= 0.3 is 0 Å². The fourth-order valence-corrected chi connectivity index (χ4v) is 3.92. The Morgan fingerprint density at radius 2 is 1.55 bits per heavy atom. The molecule has 0 fully saturated rings. The topological polar surface area (TPSA) is 104 Å². The van der Waals surface area contributed by atoms with E-state index in [1.54, 1.807) is 32.0 Å². The molecule has 0 aromatic heterocycles. The first-order chi connectivity index (χ1) is 15.6. The molecule has 0 unspecified atom stereocenters. The van der Waals surface area contributed by atoms with E-state index in [-0.39, 0.29) is 28.0 Å². The molecule has 7 nitrogen and oxygen atoms in total. The zero-order valence-corrected chi connectivity index (χ0v) is 19.2. The number of benzene rings is 3. The highest BCUT2D eigenvalue weighted by Gasteiger charge is 2.17. The van der Waals surface area contributed by atoms with Crippen molar-refractivity contribution < 1.29 is 22.4 Å². The third kappa shape index (κ3) is 5.95. The van der Waals surface area contributed by atoms with Gasteiger partial charge in [-0.3, -0.25) is 14.3 Å². The molecular formula is C24H24FN3O4S. The van der Waals surface area contributed by atoms with Gasteiger partial charge in [0.15, 0.2) is 0 Å². The molecule has 0 spiro atoms. The van der Waals surface area contributed by atoms with Crippen LogP contribution < -0.4 is 15.4 Å². The van der Waals surface area contributed by atoms with E-state index in [1.807, 2.05) is 6.92 Å². The molecule has 3 rings (SSSR count). The number of halogens is 1. The summed E-state index contributed by atoms with van der Waals surface area (Å²) in [6.07, 6.45) is 0. The molecule has 33 heavy (non-hydrogen) atoms. The molecule has 0 radical (unpaired) electrons. The lowest BCUT2D eigenvalue weighted by Crippen LogP contribution is -2.18. The van der Waals surface area contributed by atoms with Crippen LogP contribution in [0.1, 0.15) is 29.8 Å². The van der Waals surface area contributed by atoms with E-state index in [4.69, 9.17) is 0 Å². The van der Waals surface area contributed by atoms with Crippen molar-refractivity contribution in [3.05, 3.63) is 83.7 Å². The van der Waals surface area contributed by atoms with Crippen molar-refractivity contribution >= 4 is 38.9 Å². The average molecular weight is 470 g/mol. The molecule has 0 aliphatic rings. The van der Waals surface area contributed by atoms with E-state index >= 15 is 0 Å². The molecule has 0 saturated heterocycles. The standard InChI is InChI=1S/C24H24FN3O4S/c1-15(2)23(29)26-18-11-8-16(3)22(14-18)27-24(30)17-9-12-19(13-10-17)33(31,32)28-21-7-5-4-6-20(21)25/h4-15,28H,1-3H3,(H,26,29)(H,27,30). The van der Waals surface area contributed by atoms with Crippen molar-refractivity contribution in [3.8, 4) is 0 Å². The van der Waals surface area contributed by atoms with Gasteiger partial charge in [-0.15, -0.1) is 0 Å². The molecule has 3 N–H and O–H groups in total. The van der Waals surface area contributed by atoms with Crippen LogP contribution in [0.5, 0.6) is 0 Å². The van der Waals surface area contributed by atoms with Crippen molar-refractivity contribution in [2.75, 3.05) is 15.4 Å². The molecule has 172 valence electrons. The number of hydrogen-bond acceptors (Lipinski definition) is 4. The molecule has 0 aliphatic carbocycles. The van der Waals surface area contributed by atoms with Crippen LogP contribution in [-0.4, -0.2) is 20.2 Å². The lowest BCUT2D eigenvalue weighted by Gasteiger charge is -2.13. The summed E-state index contributed by atoms with van der Waals surface area (Å²) in [6, 6.07) is 15.9. The van der Waals surface area contributed by atoms with Crippen LogP contribution in [0.3, 0.4) is 0 Å². The molecule has 3 aromatic carbocycles. The molecular weight excluding hydrogens is 445 g/mol. The van der Waals surface area contributed by atoms with Crippen LogP contribution >= 0.6 is 0 Å². The Kier molecular flexibility index (Phi) is 7.13. The monoisotopic (exact) mass is 469 g/mol. The van der Waals surface area contributed by atoms with Crippen molar-refractivity contribution in [3.63, 3.8) is 0 Å². The highest BCUT2D eigenvalue weighted by atomic mass is 32.2. The van der Waals surface area contributed by atoms with Crippen LogP contribution in [0.2, 0.25) is 0 Å².